The Bertz CT molecular complexity index is 1350. The van der Waals surface area contributed by atoms with Gasteiger partial charge in [-0.2, -0.15) is 0 Å². The third-order valence-electron chi connectivity index (χ3n) is 8.42. The van der Waals surface area contributed by atoms with Gasteiger partial charge in [0.2, 0.25) is 17.7 Å². The summed E-state index contributed by atoms with van der Waals surface area (Å²) in [5.41, 5.74) is 2.37. The molecule has 4 aliphatic rings. The summed E-state index contributed by atoms with van der Waals surface area (Å²) in [5.74, 6) is -1.35. The minimum absolute atomic E-state index is 0.105. The minimum Gasteiger partial charge on any atom is -0.335 e. The van der Waals surface area contributed by atoms with Crippen LogP contribution in [0.15, 0.2) is 30.5 Å². The molecule has 0 radical (unpaired) electrons. The van der Waals surface area contributed by atoms with E-state index in [0.29, 0.717) is 28.8 Å². The summed E-state index contributed by atoms with van der Waals surface area (Å²) in [6.45, 7) is 4.54. The van der Waals surface area contributed by atoms with Crippen LogP contribution in [0, 0.1) is 5.82 Å². The number of nitrogens with zero attached hydrogens (tertiary/aromatic N) is 4. The van der Waals surface area contributed by atoms with Crippen LogP contribution in [0.1, 0.15) is 60.5 Å². The average Bonchev–Trinajstić information content (AvgIpc) is 3.19. The lowest BCUT2D eigenvalue weighted by molar-refractivity contribution is -0.149. The number of hydrogen-bond acceptors (Lipinski definition) is 6. The molecular formula is C28H30FN5O4. The van der Waals surface area contributed by atoms with E-state index in [1.165, 1.54) is 4.90 Å². The molecule has 38 heavy (non-hydrogen) atoms. The number of hydrogen-bond donors (Lipinski definition) is 1. The van der Waals surface area contributed by atoms with Crippen molar-refractivity contribution in [1.29, 1.82) is 0 Å². The number of imide groups is 1. The molecular weight excluding hydrogens is 489 g/mol. The predicted octanol–water partition coefficient (Wildman–Crippen LogP) is 2.24. The van der Waals surface area contributed by atoms with Crippen molar-refractivity contribution in [3.05, 3.63) is 53.0 Å². The zero-order valence-electron chi connectivity index (χ0n) is 21.3. The van der Waals surface area contributed by atoms with E-state index in [0.717, 1.165) is 38.9 Å². The molecule has 1 aromatic carbocycles. The summed E-state index contributed by atoms with van der Waals surface area (Å²) >= 11 is 0. The van der Waals surface area contributed by atoms with Gasteiger partial charge in [0, 0.05) is 69.0 Å². The van der Waals surface area contributed by atoms with Crippen LogP contribution in [0.3, 0.4) is 0 Å². The molecule has 0 saturated carbocycles. The van der Waals surface area contributed by atoms with Crippen LogP contribution in [0.25, 0.3) is 11.3 Å². The number of fused-ring (bicyclic) bond motifs is 1. The Morgan fingerprint density at radius 3 is 2.76 bits per heavy atom. The first-order valence-electron chi connectivity index (χ1n) is 13.2. The van der Waals surface area contributed by atoms with Gasteiger partial charge in [0.15, 0.2) is 5.82 Å². The third-order valence-corrected chi connectivity index (χ3v) is 8.42. The highest BCUT2D eigenvalue weighted by Crippen LogP contribution is 2.38. The molecule has 0 aliphatic carbocycles. The zero-order chi connectivity index (χ0) is 26.6. The summed E-state index contributed by atoms with van der Waals surface area (Å²) in [6, 6.07) is 6.10. The smallest absolute Gasteiger partial charge is 0.255 e. The maximum absolute atomic E-state index is 15.7. The second-order valence-electron chi connectivity index (χ2n) is 10.9. The molecule has 1 aromatic heterocycles. The molecule has 198 valence electrons. The van der Waals surface area contributed by atoms with E-state index in [1.807, 2.05) is 4.90 Å². The second kappa shape index (κ2) is 9.27. The van der Waals surface area contributed by atoms with E-state index < -0.39 is 17.8 Å². The summed E-state index contributed by atoms with van der Waals surface area (Å²) in [5, 5.41) is 2.30. The number of pyridine rings is 1. The molecule has 3 saturated heterocycles. The Kier molecular flexibility index (Phi) is 6.02. The molecule has 10 heteroatoms. The van der Waals surface area contributed by atoms with Gasteiger partial charge in [-0.25, -0.2) is 4.39 Å². The number of amides is 4. The van der Waals surface area contributed by atoms with Crippen molar-refractivity contribution < 1.29 is 23.6 Å². The first-order valence-corrected chi connectivity index (χ1v) is 13.2. The number of halogens is 1. The normalized spacial score (nSPS) is 22.9. The van der Waals surface area contributed by atoms with E-state index in [-0.39, 0.29) is 48.3 Å². The average molecular weight is 520 g/mol. The van der Waals surface area contributed by atoms with Crippen LogP contribution in [0.5, 0.6) is 0 Å². The summed E-state index contributed by atoms with van der Waals surface area (Å²) in [7, 11) is 0. The maximum Gasteiger partial charge on any atom is 0.255 e. The van der Waals surface area contributed by atoms with Crippen molar-refractivity contribution in [2.75, 3.05) is 19.6 Å². The topological polar surface area (TPSA) is 103 Å². The summed E-state index contributed by atoms with van der Waals surface area (Å²) in [6.07, 6.45) is 5.19. The van der Waals surface area contributed by atoms with Crippen molar-refractivity contribution >= 4 is 23.6 Å². The molecule has 1 N–H and O–H groups in total. The number of aromatic nitrogens is 1. The lowest BCUT2D eigenvalue weighted by Crippen LogP contribution is -2.71. The molecule has 1 atom stereocenters. The number of piperidine rings is 2. The Morgan fingerprint density at radius 1 is 1.18 bits per heavy atom. The van der Waals surface area contributed by atoms with Gasteiger partial charge < -0.3 is 9.80 Å². The number of likely N-dealkylation sites (tertiary alicyclic amines) is 2. The Labute approximate surface area is 220 Å². The quantitative estimate of drug-likeness (QED) is 0.622. The van der Waals surface area contributed by atoms with E-state index in [9.17, 15) is 19.2 Å². The molecule has 9 nitrogen and oxygen atoms in total. The van der Waals surface area contributed by atoms with Crippen molar-refractivity contribution in [2.24, 2.45) is 0 Å². The molecule has 3 fully saturated rings. The molecule has 6 rings (SSSR count). The minimum atomic E-state index is -0.697. The molecule has 2 aromatic rings. The highest BCUT2D eigenvalue weighted by molar-refractivity contribution is 6.05. The first-order chi connectivity index (χ1) is 18.3. The second-order valence-corrected chi connectivity index (χ2v) is 10.9. The van der Waals surface area contributed by atoms with Crippen LogP contribution in [-0.4, -0.2) is 74.5 Å². The van der Waals surface area contributed by atoms with Gasteiger partial charge in [0.1, 0.15) is 11.7 Å². The van der Waals surface area contributed by atoms with Gasteiger partial charge in [-0.3, -0.25) is 34.4 Å². The summed E-state index contributed by atoms with van der Waals surface area (Å²) in [4.78, 5) is 58.9. The van der Waals surface area contributed by atoms with E-state index in [1.54, 1.807) is 37.4 Å². The van der Waals surface area contributed by atoms with Gasteiger partial charge in [0.05, 0.1) is 5.54 Å². The number of benzene rings is 1. The largest absolute Gasteiger partial charge is 0.335 e. The highest BCUT2D eigenvalue weighted by atomic mass is 19.1. The number of rotatable bonds is 4. The fourth-order valence-corrected chi connectivity index (χ4v) is 6.58. The van der Waals surface area contributed by atoms with Gasteiger partial charge in [-0.1, -0.05) is 6.07 Å². The van der Waals surface area contributed by atoms with Crippen LogP contribution < -0.4 is 5.32 Å². The van der Waals surface area contributed by atoms with Gasteiger partial charge in [0.25, 0.3) is 5.91 Å². The van der Waals surface area contributed by atoms with E-state index >= 15 is 4.39 Å². The summed E-state index contributed by atoms with van der Waals surface area (Å²) < 4.78 is 15.7. The van der Waals surface area contributed by atoms with Crippen LogP contribution >= 0.6 is 0 Å². The van der Waals surface area contributed by atoms with E-state index in [2.05, 4.69) is 15.2 Å². The Balaban J connectivity index is 1.18. The van der Waals surface area contributed by atoms with Gasteiger partial charge >= 0.3 is 0 Å². The van der Waals surface area contributed by atoms with Crippen molar-refractivity contribution in [2.45, 2.75) is 63.7 Å². The standard InChI is InChI=1S/C28H30FN5O4/c1-17(35)34-11-3-2-9-28(34)15-32(16-28)13-19-8-10-30-25(24(19)29)18-4-5-21-20(12-18)14-33(27(21)38)22-6-7-23(36)31-26(22)37/h4-5,8,10,12,22H,2-3,6-7,9,11,13-16H2,1H3,(H,31,36,37). The lowest BCUT2D eigenvalue weighted by atomic mass is 9.79. The monoisotopic (exact) mass is 519 g/mol. The maximum atomic E-state index is 15.7. The fourth-order valence-electron chi connectivity index (χ4n) is 6.58. The van der Waals surface area contributed by atoms with Crippen molar-refractivity contribution in [3.63, 3.8) is 0 Å². The lowest BCUT2D eigenvalue weighted by Gasteiger charge is -2.58. The van der Waals surface area contributed by atoms with E-state index in [4.69, 9.17) is 0 Å². The van der Waals surface area contributed by atoms with Crippen LogP contribution in [0.2, 0.25) is 0 Å². The molecule has 1 unspecified atom stereocenters. The Hall–Kier alpha value is -3.66. The SMILES string of the molecule is CC(=O)N1CCCCC12CN(Cc1ccnc(-c3ccc4c(c3)CN(C3CCC(=O)NC3=O)C4=O)c1F)C2. The van der Waals surface area contributed by atoms with Gasteiger partial charge in [-0.15, -0.1) is 0 Å². The van der Waals surface area contributed by atoms with Crippen LogP contribution in [0.4, 0.5) is 4.39 Å². The number of nitrogens with one attached hydrogen (secondary N) is 1. The molecule has 5 heterocycles. The molecule has 4 aliphatic heterocycles. The molecule has 0 bridgehead atoms. The van der Waals surface area contributed by atoms with Crippen molar-refractivity contribution in [1.82, 2.24) is 25.0 Å². The fraction of sp³-hybridized carbons (Fsp3) is 0.464. The Morgan fingerprint density at radius 2 is 2.00 bits per heavy atom. The third kappa shape index (κ3) is 4.07. The number of carbonyl (C=O) groups excluding carboxylic acids is 4. The molecule has 1 spiro atoms. The van der Waals surface area contributed by atoms with Crippen LogP contribution in [-0.2, 0) is 27.5 Å². The zero-order valence-corrected chi connectivity index (χ0v) is 21.3. The van der Waals surface area contributed by atoms with Gasteiger partial charge in [-0.05, 0) is 49.4 Å². The predicted molar refractivity (Wildman–Crippen MR) is 135 cm³/mol. The van der Waals surface area contributed by atoms with Crippen molar-refractivity contribution in [3.8, 4) is 11.3 Å². The highest BCUT2D eigenvalue weighted by Gasteiger charge is 2.49. The first kappa shape index (κ1) is 24.7. The number of carbonyl (C=O) groups is 4. The molecule has 4 amide bonds.